The highest BCUT2D eigenvalue weighted by Gasteiger charge is 2.41. The predicted molar refractivity (Wildman–Crippen MR) is 80.7 cm³/mol. The van der Waals surface area contributed by atoms with Crippen LogP contribution in [-0.4, -0.2) is 24.2 Å². The number of carbonyl (C=O) groups is 1. The summed E-state index contributed by atoms with van der Waals surface area (Å²) in [6.07, 6.45) is 2.11. The Kier molecular flexibility index (Phi) is 3.63. The number of halogens is 1. The smallest absolute Gasteiger partial charge is 0.337 e. The fourth-order valence-corrected chi connectivity index (χ4v) is 2.78. The van der Waals surface area contributed by atoms with Gasteiger partial charge in [0, 0.05) is 0 Å². The summed E-state index contributed by atoms with van der Waals surface area (Å²) >= 11 is 5.23. The molecule has 0 aromatic heterocycles. The Labute approximate surface area is 127 Å². The summed E-state index contributed by atoms with van der Waals surface area (Å²) in [7, 11) is 1.36. The first-order valence-corrected chi connectivity index (χ1v) is 7.17. The van der Waals surface area contributed by atoms with Crippen molar-refractivity contribution in [1.29, 1.82) is 0 Å². The van der Waals surface area contributed by atoms with E-state index in [1.165, 1.54) is 19.2 Å². The summed E-state index contributed by atoms with van der Waals surface area (Å²) in [6, 6.07) is 5.81. The number of carbonyl (C=O) groups excluding carboxylic acids is 1. The number of methoxy groups -OCH3 is 1. The van der Waals surface area contributed by atoms with Crippen LogP contribution in [0.2, 0.25) is 0 Å². The van der Waals surface area contributed by atoms with Gasteiger partial charge in [0.2, 0.25) is 0 Å². The van der Waals surface area contributed by atoms with E-state index in [1.54, 1.807) is 12.1 Å². The van der Waals surface area contributed by atoms with Crippen molar-refractivity contribution in [3.8, 4) is 0 Å². The summed E-state index contributed by atoms with van der Waals surface area (Å²) in [5, 5.41) is 6.62. The van der Waals surface area contributed by atoms with Gasteiger partial charge in [-0.2, -0.15) is 0 Å². The maximum absolute atomic E-state index is 13.1. The van der Waals surface area contributed by atoms with Gasteiger partial charge in [0.05, 0.1) is 24.4 Å². The molecule has 21 heavy (non-hydrogen) atoms. The number of nitrogens with one attached hydrogen (secondary N) is 2. The minimum absolute atomic E-state index is 0.147. The van der Waals surface area contributed by atoms with Crippen LogP contribution in [0.5, 0.6) is 0 Å². The van der Waals surface area contributed by atoms with E-state index in [4.69, 9.17) is 17.0 Å². The number of ether oxygens (including phenoxy) is 1. The van der Waals surface area contributed by atoms with E-state index in [0.717, 1.165) is 12.8 Å². The molecule has 0 amide bonds. The average molecular weight is 306 g/mol. The molecule has 1 heterocycles. The number of hydrogen-bond donors (Lipinski definition) is 2. The van der Waals surface area contributed by atoms with Gasteiger partial charge in [0.25, 0.3) is 0 Å². The highest BCUT2D eigenvalue weighted by atomic mass is 32.1. The van der Waals surface area contributed by atoms with Crippen molar-refractivity contribution < 1.29 is 13.9 Å². The maximum atomic E-state index is 13.1. The monoisotopic (exact) mass is 306 g/mol. The number of hydrogen-bond acceptors (Lipinski definition) is 3. The van der Waals surface area contributed by atoms with Crippen molar-refractivity contribution >= 4 is 29.0 Å². The Morgan fingerprint density at radius 1 is 1.33 bits per heavy atom. The second kappa shape index (κ2) is 5.44. The SMILES string of the molecule is COC(=O)C1=C(c2ccc(F)cc2)NC(=S)NC1C1CC1. The van der Waals surface area contributed by atoms with Crippen LogP contribution in [-0.2, 0) is 9.53 Å². The Morgan fingerprint density at radius 3 is 2.57 bits per heavy atom. The van der Waals surface area contributed by atoms with Gasteiger partial charge in [-0.15, -0.1) is 0 Å². The number of esters is 1. The lowest BCUT2D eigenvalue weighted by atomic mass is 9.95. The van der Waals surface area contributed by atoms with Gasteiger partial charge < -0.3 is 15.4 Å². The molecule has 2 aliphatic rings. The van der Waals surface area contributed by atoms with Gasteiger partial charge in [0.1, 0.15) is 5.82 Å². The third-order valence-electron chi connectivity index (χ3n) is 3.74. The molecule has 3 rings (SSSR count). The quantitative estimate of drug-likeness (QED) is 0.660. The van der Waals surface area contributed by atoms with E-state index < -0.39 is 5.97 Å². The first-order valence-electron chi connectivity index (χ1n) is 6.76. The zero-order chi connectivity index (χ0) is 15.0. The van der Waals surface area contributed by atoms with Crippen molar-refractivity contribution in [2.75, 3.05) is 7.11 Å². The van der Waals surface area contributed by atoms with E-state index >= 15 is 0 Å². The Hall–Kier alpha value is -1.95. The average Bonchev–Trinajstić information content (AvgIpc) is 3.31. The van der Waals surface area contributed by atoms with Gasteiger partial charge in [0.15, 0.2) is 5.11 Å². The number of rotatable bonds is 3. The second-order valence-corrected chi connectivity index (χ2v) is 5.61. The summed E-state index contributed by atoms with van der Waals surface area (Å²) in [6.45, 7) is 0. The Morgan fingerprint density at radius 2 is 2.00 bits per heavy atom. The molecule has 4 nitrogen and oxygen atoms in total. The van der Waals surface area contributed by atoms with Crippen LogP contribution in [0.4, 0.5) is 4.39 Å². The zero-order valence-electron chi connectivity index (χ0n) is 11.5. The van der Waals surface area contributed by atoms with Crippen molar-refractivity contribution in [2.24, 2.45) is 5.92 Å². The van der Waals surface area contributed by atoms with Crippen LogP contribution < -0.4 is 10.6 Å². The number of benzene rings is 1. The molecule has 2 N–H and O–H groups in total. The maximum Gasteiger partial charge on any atom is 0.337 e. The second-order valence-electron chi connectivity index (χ2n) is 5.20. The fraction of sp³-hybridized carbons (Fsp3) is 0.333. The molecule has 0 saturated heterocycles. The fourth-order valence-electron chi connectivity index (χ4n) is 2.55. The first-order chi connectivity index (χ1) is 10.1. The van der Waals surface area contributed by atoms with Crippen molar-refractivity contribution in [2.45, 2.75) is 18.9 Å². The molecule has 1 aliphatic carbocycles. The first kappa shape index (κ1) is 14.0. The normalized spacial score (nSPS) is 21.6. The lowest BCUT2D eigenvalue weighted by Crippen LogP contribution is -2.50. The molecule has 1 atom stereocenters. The van der Waals surface area contributed by atoms with Gasteiger partial charge in [-0.25, -0.2) is 9.18 Å². The molecular weight excluding hydrogens is 291 g/mol. The molecule has 6 heteroatoms. The summed E-state index contributed by atoms with van der Waals surface area (Å²) in [5.41, 5.74) is 1.84. The lowest BCUT2D eigenvalue weighted by Gasteiger charge is -2.30. The van der Waals surface area contributed by atoms with E-state index in [-0.39, 0.29) is 11.9 Å². The van der Waals surface area contributed by atoms with Gasteiger partial charge in [-0.05, 0) is 60.8 Å². The van der Waals surface area contributed by atoms with E-state index in [0.29, 0.717) is 27.9 Å². The largest absolute Gasteiger partial charge is 0.466 e. The molecule has 0 spiro atoms. The van der Waals surface area contributed by atoms with Crippen molar-refractivity contribution in [3.63, 3.8) is 0 Å². The summed E-state index contributed by atoms with van der Waals surface area (Å²) in [4.78, 5) is 12.2. The van der Waals surface area contributed by atoms with Crippen LogP contribution >= 0.6 is 12.2 Å². The molecule has 0 bridgehead atoms. The molecule has 1 saturated carbocycles. The summed E-state index contributed by atoms with van der Waals surface area (Å²) in [5.74, 6) is -0.336. The standard InChI is InChI=1S/C15H15FN2O2S/c1-20-14(19)11-12(8-2-3-8)17-15(21)18-13(11)9-4-6-10(16)7-5-9/h4-8,12H,2-3H2,1H3,(H2,17,18,21). The molecule has 1 fully saturated rings. The van der Waals surface area contributed by atoms with Crippen LogP contribution in [0.25, 0.3) is 5.70 Å². The Balaban J connectivity index is 2.10. The number of thiocarbonyl (C=S) groups is 1. The van der Waals surface area contributed by atoms with Crippen molar-refractivity contribution in [3.05, 3.63) is 41.2 Å². The minimum Gasteiger partial charge on any atom is -0.466 e. The third kappa shape index (κ3) is 2.76. The summed E-state index contributed by atoms with van der Waals surface area (Å²) < 4.78 is 18.0. The molecule has 0 radical (unpaired) electrons. The highest BCUT2D eigenvalue weighted by molar-refractivity contribution is 7.80. The highest BCUT2D eigenvalue weighted by Crippen LogP contribution is 2.39. The van der Waals surface area contributed by atoms with E-state index in [2.05, 4.69) is 10.6 Å². The molecule has 1 aromatic rings. The van der Waals surface area contributed by atoms with E-state index in [1.807, 2.05) is 0 Å². The topological polar surface area (TPSA) is 50.4 Å². The Bertz CT molecular complexity index is 623. The molecule has 1 aliphatic heterocycles. The van der Waals surface area contributed by atoms with Crippen molar-refractivity contribution in [1.82, 2.24) is 10.6 Å². The van der Waals surface area contributed by atoms with Crippen LogP contribution in [0.1, 0.15) is 18.4 Å². The molecule has 1 aromatic carbocycles. The van der Waals surface area contributed by atoms with Gasteiger partial charge >= 0.3 is 5.97 Å². The van der Waals surface area contributed by atoms with E-state index in [9.17, 15) is 9.18 Å². The van der Waals surface area contributed by atoms with Crippen LogP contribution in [0.3, 0.4) is 0 Å². The third-order valence-corrected chi connectivity index (χ3v) is 3.96. The minimum atomic E-state index is -0.395. The zero-order valence-corrected chi connectivity index (χ0v) is 12.3. The van der Waals surface area contributed by atoms with Crippen LogP contribution in [0.15, 0.2) is 29.8 Å². The van der Waals surface area contributed by atoms with Gasteiger partial charge in [-0.1, -0.05) is 0 Å². The molecule has 1 unspecified atom stereocenters. The molecule has 110 valence electrons. The molecular formula is C15H15FN2O2S. The lowest BCUT2D eigenvalue weighted by molar-refractivity contribution is -0.136. The van der Waals surface area contributed by atoms with Gasteiger partial charge in [-0.3, -0.25) is 0 Å². The predicted octanol–water partition coefficient (Wildman–Crippen LogP) is 1.97. The van der Waals surface area contributed by atoms with Crippen LogP contribution in [0, 0.1) is 11.7 Å².